The molecule has 2 aromatic rings. The van der Waals surface area contributed by atoms with Crippen molar-refractivity contribution in [3.05, 3.63) is 75.4 Å². The first kappa shape index (κ1) is 14.4. The summed E-state index contributed by atoms with van der Waals surface area (Å²) in [7, 11) is 0. The van der Waals surface area contributed by atoms with Crippen LogP contribution in [0.4, 0.5) is 0 Å². The van der Waals surface area contributed by atoms with E-state index in [0.29, 0.717) is 6.42 Å². The number of Topliss-reactive ketones (excluding diaryl/α,β-unsaturated/α-hetero) is 1. The number of fused-ring (bicyclic) bond motifs is 4. The SMILES string of the molecule is C=C1CC2(CC(=O)c3cc(C)c(C)cc32)c2cc(C)c(C)cc21. The van der Waals surface area contributed by atoms with Crippen LogP contribution in [0.5, 0.6) is 0 Å². The van der Waals surface area contributed by atoms with Gasteiger partial charge in [0.1, 0.15) is 0 Å². The van der Waals surface area contributed by atoms with Gasteiger partial charge in [0.2, 0.25) is 0 Å². The molecule has 0 aliphatic heterocycles. The van der Waals surface area contributed by atoms with E-state index < -0.39 is 0 Å². The number of hydrogen-bond donors (Lipinski definition) is 0. The maximum atomic E-state index is 12.7. The Kier molecular flexibility index (Phi) is 2.79. The molecule has 1 heteroatoms. The fourth-order valence-electron chi connectivity index (χ4n) is 4.36. The molecule has 0 saturated carbocycles. The van der Waals surface area contributed by atoms with Crippen molar-refractivity contribution in [2.45, 2.75) is 46.0 Å². The maximum Gasteiger partial charge on any atom is 0.164 e. The van der Waals surface area contributed by atoms with Crippen LogP contribution in [0.2, 0.25) is 0 Å². The van der Waals surface area contributed by atoms with E-state index in [-0.39, 0.29) is 11.2 Å². The lowest BCUT2D eigenvalue weighted by Crippen LogP contribution is -2.22. The van der Waals surface area contributed by atoms with Gasteiger partial charge in [-0.2, -0.15) is 0 Å². The standard InChI is InChI=1S/C22H22O/c1-12-6-17-16(5)10-22(19(17)8-14(12)3)11-21(23)18-7-13(2)15(4)9-20(18)22/h6-9H,5,10-11H2,1-4H3. The van der Waals surface area contributed by atoms with Gasteiger partial charge in [-0.05, 0) is 84.7 Å². The van der Waals surface area contributed by atoms with Gasteiger partial charge < -0.3 is 0 Å². The van der Waals surface area contributed by atoms with Crippen molar-refractivity contribution < 1.29 is 4.79 Å². The Hall–Kier alpha value is -2.15. The zero-order valence-electron chi connectivity index (χ0n) is 14.3. The molecule has 0 radical (unpaired) electrons. The highest BCUT2D eigenvalue weighted by atomic mass is 16.1. The normalized spacial score (nSPS) is 21.9. The van der Waals surface area contributed by atoms with Crippen LogP contribution in [0, 0.1) is 27.7 Å². The Morgan fingerprint density at radius 3 is 1.87 bits per heavy atom. The molecule has 4 rings (SSSR count). The summed E-state index contributed by atoms with van der Waals surface area (Å²) in [5.41, 5.74) is 10.7. The van der Waals surface area contributed by atoms with E-state index in [1.807, 2.05) is 0 Å². The first-order valence-corrected chi connectivity index (χ1v) is 8.28. The molecule has 0 heterocycles. The lowest BCUT2D eigenvalue weighted by molar-refractivity contribution is 0.0981. The molecule has 0 aromatic heterocycles. The molecule has 1 unspecified atom stereocenters. The third-order valence-corrected chi connectivity index (χ3v) is 5.96. The molecular weight excluding hydrogens is 280 g/mol. The average molecular weight is 302 g/mol. The zero-order chi connectivity index (χ0) is 16.5. The smallest absolute Gasteiger partial charge is 0.164 e. The first-order valence-electron chi connectivity index (χ1n) is 8.28. The molecule has 1 spiro atoms. The minimum Gasteiger partial charge on any atom is -0.294 e. The van der Waals surface area contributed by atoms with E-state index >= 15 is 0 Å². The minimum atomic E-state index is -0.185. The molecular formula is C22H22O. The lowest BCUT2D eigenvalue weighted by Gasteiger charge is -2.26. The highest BCUT2D eigenvalue weighted by Crippen LogP contribution is 2.56. The van der Waals surface area contributed by atoms with Crippen LogP contribution in [0.15, 0.2) is 30.8 Å². The van der Waals surface area contributed by atoms with Crippen molar-refractivity contribution in [1.29, 1.82) is 0 Å². The molecule has 116 valence electrons. The van der Waals surface area contributed by atoms with Crippen LogP contribution in [0.1, 0.15) is 62.1 Å². The van der Waals surface area contributed by atoms with Crippen molar-refractivity contribution in [3.63, 3.8) is 0 Å². The van der Waals surface area contributed by atoms with Gasteiger partial charge in [0.05, 0.1) is 0 Å². The van der Waals surface area contributed by atoms with E-state index in [2.05, 4.69) is 58.5 Å². The third-order valence-electron chi connectivity index (χ3n) is 5.96. The Balaban J connectivity index is 2.04. The van der Waals surface area contributed by atoms with Crippen LogP contribution in [0.3, 0.4) is 0 Å². The van der Waals surface area contributed by atoms with Gasteiger partial charge in [0.25, 0.3) is 0 Å². The van der Waals surface area contributed by atoms with Gasteiger partial charge in [0, 0.05) is 17.4 Å². The topological polar surface area (TPSA) is 17.1 Å². The van der Waals surface area contributed by atoms with Crippen LogP contribution in [0.25, 0.3) is 5.57 Å². The highest BCUT2D eigenvalue weighted by molar-refractivity contribution is 6.04. The van der Waals surface area contributed by atoms with Gasteiger partial charge in [-0.25, -0.2) is 0 Å². The Labute approximate surface area is 138 Å². The monoisotopic (exact) mass is 302 g/mol. The number of aryl methyl sites for hydroxylation is 4. The van der Waals surface area contributed by atoms with Gasteiger partial charge in [-0.3, -0.25) is 4.79 Å². The predicted octanol–water partition coefficient (Wildman–Crippen LogP) is 5.21. The highest BCUT2D eigenvalue weighted by Gasteiger charge is 2.49. The summed E-state index contributed by atoms with van der Waals surface area (Å²) in [6.45, 7) is 12.8. The van der Waals surface area contributed by atoms with Gasteiger partial charge >= 0.3 is 0 Å². The van der Waals surface area contributed by atoms with E-state index in [0.717, 1.165) is 12.0 Å². The molecule has 2 aromatic carbocycles. The average Bonchev–Trinajstić information content (AvgIpc) is 2.89. The van der Waals surface area contributed by atoms with Crippen molar-refractivity contribution in [2.24, 2.45) is 0 Å². The van der Waals surface area contributed by atoms with E-state index in [4.69, 9.17) is 0 Å². The molecule has 0 bridgehead atoms. The number of benzene rings is 2. The summed E-state index contributed by atoms with van der Waals surface area (Å²) in [5.74, 6) is 0.280. The van der Waals surface area contributed by atoms with Gasteiger partial charge in [-0.1, -0.05) is 24.8 Å². The fourth-order valence-corrected chi connectivity index (χ4v) is 4.36. The largest absolute Gasteiger partial charge is 0.294 e. The number of allylic oxidation sites excluding steroid dienone is 1. The molecule has 23 heavy (non-hydrogen) atoms. The van der Waals surface area contributed by atoms with Crippen LogP contribution >= 0.6 is 0 Å². The first-order chi connectivity index (χ1) is 10.8. The van der Waals surface area contributed by atoms with Gasteiger partial charge in [0.15, 0.2) is 5.78 Å². The number of hydrogen-bond acceptors (Lipinski definition) is 1. The fraction of sp³-hybridized carbons (Fsp3) is 0.318. The summed E-state index contributed by atoms with van der Waals surface area (Å²) >= 11 is 0. The summed E-state index contributed by atoms with van der Waals surface area (Å²) < 4.78 is 0. The quantitative estimate of drug-likeness (QED) is 0.653. The second-order valence-corrected chi connectivity index (χ2v) is 7.43. The number of carbonyl (C=O) groups excluding carboxylic acids is 1. The van der Waals surface area contributed by atoms with Crippen molar-refractivity contribution in [3.8, 4) is 0 Å². The Bertz CT molecular complexity index is 823. The minimum absolute atomic E-state index is 0.185. The Morgan fingerprint density at radius 1 is 0.783 bits per heavy atom. The van der Waals surface area contributed by atoms with E-state index in [9.17, 15) is 4.79 Å². The van der Waals surface area contributed by atoms with Crippen molar-refractivity contribution >= 4 is 11.4 Å². The number of carbonyl (C=O) groups is 1. The molecule has 2 aliphatic carbocycles. The lowest BCUT2D eigenvalue weighted by atomic mass is 9.75. The third kappa shape index (κ3) is 1.77. The van der Waals surface area contributed by atoms with Crippen LogP contribution in [-0.2, 0) is 5.41 Å². The molecule has 0 saturated heterocycles. The van der Waals surface area contributed by atoms with Crippen LogP contribution < -0.4 is 0 Å². The van der Waals surface area contributed by atoms with E-state index in [1.165, 1.54) is 44.5 Å². The number of ketones is 1. The molecule has 0 N–H and O–H groups in total. The zero-order valence-corrected chi connectivity index (χ0v) is 14.3. The summed E-state index contributed by atoms with van der Waals surface area (Å²) in [6.07, 6.45) is 1.45. The summed E-state index contributed by atoms with van der Waals surface area (Å²) in [5, 5.41) is 0. The van der Waals surface area contributed by atoms with Crippen LogP contribution in [-0.4, -0.2) is 5.78 Å². The second-order valence-electron chi connectivity index (χ2n) is 7.43. The van der Waals surface area contributed by atoms with E-state index in [1.54, 1.807) is 0 Å². The summed E-state index contributed by atoms with van der Waals surface area (Å²) in [4.78, 5) is 12.7. The summed E-state index contributed by atoms with van der Waals surface area (Å²) in [6, 6.07) is 8.88. The second kappa shape index (κ2) is 4.44. The maximum absolute atomic E-state index is 12.7. The molecule has 0 amide bonds. The molecule has 2 aliphatic rings. The van der Waals surface area contributed by atoms with Crippen molar-refractivity contribution in [2.75, 3.05) is 0 Å². The molecule has 0 fully saturated rings. The van der Waals surface area contributed by atoms with Gasteiger partial charge in [-0.15, -0.1) is 0 Å². The Morgan fingerprint density at radius 2 is 1.26 bits per heavy atom. The number of rotatable bonds is 0. The predicted molar refractivity (Wildman–Crippen MR) is 95.2 cm³/mol. The van der Waals surface area contributed by atoms with Crippen molar-refractivity contribution in [1.82, 2.24) is 0 Å². The molecule has 1 nitrogen and oxygen atoms in total. The molecule has 1 atom stereocenters.